The van der Waals surface area contributed by atoms with E-state index in [4.69, 9.17) is 0 Å². The van der Waals surface area contributed by atoms with Gasteiger partial charge in [0.05, 0.1) is 4.92 Å². The van der Waals surface area contributed by atoms with Crippen molar-refractivity contribution in [3.63, 3.8) is 0 Å². The predicted octanol–water partition coefficient (Wildman–Crippen LogP) is 4.62. The van der Waals surface area contributed by atoms with Crippen LogP contribution in [0.3, 0.4) is 0 Å². The van der Waals surface area contributed by atoms with Crippen LogP contribution >= 0.6 is 11.3 Å². The molecule has 4 nitrogen and oxygen atoms in total. The topological polar surface area (TPSA) is 46.4 Å². The molecule has 0 fully saturated rings. The molecule has 0 spiro atoms. The highest BCUT2D eigenvalue weighted by atomic mass is 32.1. The van der Waals surface area contributed by atoms with Gasteiger partial charge < -0.3 is 0 Å². The zero-order valence-corrected chi connectivity index (χ0v) is 14.1. The molecular formula is C17H22N2O2S. The van der Waals surface area contributed by atoms with E-state index in [-0.39, 0.29) is 10.6 Å². The summed E-state index contributed by atoms with van der Waals surface area (Å²) >= 11 is 1.79. The lowest BCUT2D eigenvalue weighted by Gasteiger charge is -2.24. The third-order valence-electron chi connectivity index (χ3n) is 3.51. The van der Waals surface area contributed by atoms with Crippen LogP contribution in [0.5, 0.6) is 0 Å². The van der Waals surface area contributed by atoms with E-state index in [1.807, 2.05) is 12.1 Å². The molecule has 0 amide bonds. The first kappa shape index (κ1) is 16.6. The first-order chi connectivity index (χ1) is 10.5. The highest BCUT2D eigenvalue weighted by Gasteiger charge is 2.12. The van der Waals surface area contributed by atoms with Crippen LogP contribution in [0.4, 0.5) is 5.69 Å². The molecule has 0 atom stereocenters. The van der Waals surface area contributed by atoms with Gasteiger partial charge in [-0.25, -0.2) is 0 Å². The van der Waals surface area contributed by atoms with E-state index in [1.165, 1.54) is 10.4 Å². The van der Waals surface area contributed by atoms with Crippen molar-refractivity contribution >= 4 is 17.0 Å². The van der Waals surface area contributed by atoms with Crippen molar-refractivity contribution in [1.29, 1.82) is 0 Å². The van der Waals surface area contributed by atoms with Crippen LogP contribution in [0.15, 0.2) is 35.7 Å². The first-order valence-electron chi connectivity index (χ1n) is 7.44. The normalized spacial score (nSPS) is 11.3. The summed E-state index contributed by atoms with van der Waals surface area (Å²) in [5.74, 6) is 0.582. The lowest BCUT2D eigenvalue weighted by molar-refractivity contribution is -0.384. The Labute approximate surface area is 135 Å². The molecule has 1 aromatic heterocycles. The van der Waals surface area contributed by atoms with Gasteiger partial charge in [0.1, 0.15) is 0 Å². The predicted molar refractivity (Wildman–Crippen MR) is 91.1 cm³/mol. The van der Waals surface area contributed by atoms with Gasteiger partial charge in [-0.2, -0.15) is 0 Å². The number of non-ortho nitro benzene ring substituents is 1. The Kier molecular flexibility index (Phi) is 5.69. The van der Waals surface area contributed by atoms with Gasteiger partial charge >= 0.3 is 0 Å². The number of nitrogens with zero attached hydrogens (tertiary/aromatic N) is 2. The smallest absolute Gasteiger partial charge is 0.269 e. The number of nitro groups is 1. The van der Waals surface area contributed by atoms with Crippen LogP contribution in [-0.2, 0) is 13.1 Å². The highest BCUT2D eigenvalue weighted by Crippen LogP contribution is 2.21. The summed E-state index contributed by atoms with van der Waals surface area (Å²) < 4.78 is 0. The van der Waals surface area contributed by atoms with Gasteiger partial charge in [-0.3, -0.25) is 15.0 Å². The minimum absolute atomic E-state index is 0.147. The summed E-state index contributed by atoms with van der Waals surface area (Å²) in [4.78, 5) is 14.2. The van der Waals surface area contributed by atoms with Crippen LogP contribution in [0.2, 0.25) is 0 Å². The molecule has 0 saturated heterocycles. The molecule has 0 N–H and O–H groups in total. The average Bonchev–Trinajstić information content (AvgIpc) is 2.84. The van der Waals surface area contributed by atoms with Gasteiger partial charge in [-0.05, 0) is 35.4 Å². The number of thiophene rings is 1. The van der Waals surface area contributed by atoms with Gasteiger partial charge in [0.15, 0.2) is 0 Å². The fraction of sp³-hybridized carbons (Fsp3) is 0.412. The maximum Gasteiger partial charge on any atom is 0.269 e. The highest BCUT2D eigenvalue weighted by molar-refractivity contribution is 7.10. The van der Waals surface area contributed by atoms with Crippen LogP contribution in [0, 0.1) is 23.0 Å². The third kappa shape index (κ3) is 4.64. The lowest BCUT2D eigenvalue weighted by atomic mass is 10.1. The van der Waals surface area contributed by atoms with Crippen molar-refractivity contribution in [3.05, 3.63) is 61.8 Å². The molecule has 0 aliphatic carbocycles. The summed E-state index contributed by atoms with van der Waals surface area (Å²) in [6.07, 6.45) is 0. The molecule has 2 rings (SSSR count). The van der Waals surface area contributed by atoms with Gasteiger partial charge in [-0.1, -0.05) is 26.0 Å². The van der Waals surface area contributed by atoms with Crippen molar-refractivity contribution in [2.24, 2.45) is 5.92 Å². The number of hydrogen-bond donors (Lipinski definition) is 0. The molecule has 0 aliphatic heterocycles. The van der Waals surface area contributed by atoms with Crippen molar-refractivity contribution in [1.82, 2.24) is 4.90 Å². The molecule has 118 valence electrons. The van der Waals surface area contributed by atoms with E-state index >= 15 is 0 Å². The molecule has 0 radical (unpaired) electrons. The summed E-state index contributed by atoms with van der Waals surface area (Å²) in [7, 11) is 0. The molecule has 5 heteroatoms. The summed E-state index contributed by atoms with van der Waals surface area (Å²) in [6.45, 7) is 9.32. The Morgan fingerprint density at radius 2 is 1.86 bits per heavy atom. The quantitative estimate of drug-likeness (QED) is 0.552. The zero-order chi connectivity index (χ0) is 16.1. The fourth-order valence-corrected chi connectivity index (χ4v) is 3.40. The Hall–Kier alpha value is -1.72. The number of rotatable bonds is 7. The van der Waals surface area contributed by atoms with Crippen LogP contribution in [0.1, 0.15) is 29.9 Å². The Bertz CT molecular complexity index is 620. The van der Waals surface area contributed by atoms with Crippen molar-refractivity contribution in [3.8, 4) is 0 Å². The number of benzene rings is 1. The summed E-state index contributed by atoms with van der Waals surface area (Å²) in [6, 6.07) is 9.03. The van der Waals surface area contributed by atoms with Gasteiger partial charge in [0.2, 0.25) is 0 Å². The SMILES string of the molecule is Cc1ccsc1CN(Cc1ccc([N+](=O)[O-])cc1)CC(C)C. The molecule has 2 aromatic rings. The van der Waals surface area contributed by atoms with Crippen molar-refractivity contribution < 1.29 is 4.92 Å². The molecular weight excluding hydrogens is 296 g/mol. The standard InChI is InChI=1S/C17H22N2O2S/c1-13(2)10-18(12-17-14(3)8-9-22-17)11-15-4-6-16(7-5-15)19(20)21/h4-9,13H,10-12H2,1-3H3. The van der Waals surface area contributed by atoms with E-state index in [0.29, 0.717) is 5.92 Å². The fourth-order valence-electron chi connectivity index (χ4n) is 2.45. The van der Waals surface area contributed by atoms with Gasteiger partial charge in [0.25, 0.3) is 5.69 Å². The van der Waals surface area contributed by atoms with E-state index in [9.17, 15) is 10.1 Å². The Morgan fingerprint density at radius 3 is 2.36 bits per heavy atom. The molecule has 0 bridgehead atoms. The van der Waals surface area contributed by atoms with Crippen LogP contribution in [0.25, 0.3) is 0 Å². The second-order valence-corrected chi connectivity index (χ2v) is 7.01. The largest absolute Gasteiger partial charge is 0.294 e. The summed E-state index contributed by atoms with van der Waals surface area (Å²) in [5.41, 5.74) is 2.59. The number of nitro benzene ring substituents is 1. The monoisotopic (exact) mass is 318 g/mol. The summed E-state index contributed by atoms with van der Waals surface area (Å²) in [5, 5.41) is 12.9. The van der Waals surface area contributed by atoms with E-state index < -0.39 is 0 Å². The molecule has 0 unspecified atom stereocenters. The first-order valence-corrected chi connectivity index (χ1v) is 8.32. The lowest BCUT2D eigenvalue weighted by Crippen LogP contribution is -2.26. The zero-order valence-electron chi connectivity index (χ0n) is 13.3. The van der Waals surface area contributed by atoms with Gasteiger partial charge in [-0.15, -0.1) is 11.3 Å². The van der Waals surface area contributed by atoms with E-state index in [1.54, 1.807) is 23.5 Å². The minimum atomic E-state index is -0.356. The molecule has 1 aromatic carbocycles. The maximum absolute atomic E-state index is 10.7. The minimum Gasteiger partial charge on any atom is -0.294 e. The Morgan fingerprint density at radius 1 is 1.18 bits per heavy atom. The Balaban J connectivity index is 2.08. The molecule has 22 heavy (non-hydrogen) atoms. The molecule has 0 saturated carbocycles. The van der Waals surface area contributed by atoms with Crippen LogP contribution in [-0.4, -0.2) is 16.4 Å². The van der Waals surface area contributed by atoms with Crippen molar-refractivity contribution in [2.75, 3.05) is 6.54 Å². The van der Waals surface area contributed by atoms with Crippen LogP contribution < -0.4 is 0 Å². The molecule has 1 heterocycles. The van der Waals surface area contributed by atoms with E-state index in [2.05, 4.69) is 37.1 Å². The third-order valence-corrected chi connectivity index (χ3v) is 4.52. The van der Waals surface area contributed by atoms with Crippen molar-refractivity contribution in [2.45, 2.75) is 33.9 Å². The second-order valence-electron chi connectivity index (χ2n) is 6.01. The van der Waals surface area contributed by atoms with Gasteiger partial charge in [0, 0.05) is 36.6 Å². The number of aryl methyl sites for hydroxylation is 1. The molecule has 0 aliphatic rings. The number of hydrogen-bond acceptors (Lipinski definition) is 4. The average molecular weight is 318 g/mol. The maximum atomic E-state index is 10.7. The van der Waals surface area contributed by atoms with E-state index in [0.717, 1.165) is 25.2 Å². The second kappa shape index (κ2) is 7.51.